The number of anilines is 1. The summed E-state index contributed by atoms with van der Waals surface area (Å²) in [6.07, 6.45) is 0. The molecule has 0 saturated carbocycles. The Hall–Kier alpha value is -1.80. The van der Waals surface area contributed by atoms with Gasteiger partial charge in [-0.2, -0.15) is 0 Å². The van der Waals surface area contributed by atoms with Gasteiger partial charge >= 0.3 is 0 Å². The Morgan fingerprint density at radius 3 is 2.46 bits per heavy atom. The largest absolute Gasteiger partial charge is 0.378 e. The number of halogens is 2. The lowest BCUT2D eigenvalue weighted by molar-refractivity contribution is 0.0303. The second-order valence-corrected chi connectivity index (χ2v) is 8.04. The van der Waals surface area contributed by atoms with Gasteiger partial charge in [0.05, 0.1) is 34.5 Å². The lowest BCUT2D eigenvalue weighted by Crippen LogP contribution is -2.41. The van der Waals surface area contributed by atoms with Crippen molar-refractivity contribution < 1.29 is 17.9 Å². The normalized spacial score (nSPS) is 14.9. The highest BCUT2D eigenvalue weighted by atomic mass is 35.5. The van der Waals surface area contributed by atoms with Crippen LogP contribution in [0.5, 0.6) is 0 Å². The molecule has 1 N–H and O–H groups in total. The van der Waals surface area contributed by atoms with Crippen LogP contribution in [0.4, 0.5) is 5.69 Å². The second-order valence-electron chi connectivity index (χ2n) is 5.61. The number of nitrogens with one attached hydrogen (secondary N) is 1. The number of hydrogen-bond acceptors (Lipinski definition) is 4. The number of benzene rings is 2. The molecular formula is C17H16Cl2N2O4S. The fourth-order valence-corrected chi connectivity index (χ4v) is 4.43. The van der Waals surface area contributed by atoms with Gasteiger partial charge in [-0.3, -0.25) is 9.52 Å². The summed E-state index contributed by atoms with van der Waals surface area (Å²) in [4.78, 5) is 14.2. The molecule has 1 amide bonds. The third kappa shape index (κ3) is 3.96. The van der Waals surface area contributed by atoms with Crippen LogP contribution >= 0.6 is 23.2 Å². The number of nitrogens with zero attached hydrogens (tertiary/aromatic N) is 1. The number of hydrogen-bond donors (Lipinski definition) is 1. The van der Waals surface area contributed by atoms with E-state index in [1.54, 1.807) is 23.1 Å². The Morgan fingerprint density at radius 2 is 1.73 bits per heavy atom. The van der Waals surface area contributed by atoms with Gasteiger partial charge in [-0.15, -0.1) is 0 Å². The number of sulfonamides is 1. The SMILES string of the molecule is O=C(c1ccccc1NS(=O)(=O)c1cccc(Cl)c1Cl)N1CCOCC1. The van der Waals surface area contributed by atoms with E-state index in [1.807, 2.05) is 0 Å². The van der Waals surface area contributed by atoms with E-state index < -0.39 is 10.0 Å². The van der Waals surface area contributed by atoms with Gasteiger partial charge in [0.2, 0.25) is 0 Å². The number of amides is 1. The van der Waals surface area contributed by atoms with Crippen LogP contribution in [-0.4, -0.2) is 45.5 Å². The highest BCUT2D eigenvalue weighted by Crippen LogP contribution is 2.31. The Labute approximate surface area is 161 Å². The first-order valence-corrected chi connectivity index (χ1v) is 10.1. The number of carbonyl (C=O) groups is 1. The summed E-state index contributed by atoms with van der Waals surface area (Å²) in [6, 6.07) is 10.8. The van der Waals surface area contributed by atoms with E-state index in [2.05, 4.69) is 4.72 Å². The van der Waals surface area contributed by atoms with Crippen molar-refractivity contribution in [3.05, 3.63) is 58.1 Å². The predicted octanol–water partition coefficient (Wildman–Crippen LogP) is 3.27. The molecule has 1 saturated heterocycles. The number of carbonyl (C=O) groups excluding carboxylic acids is 1. The molecule has 2 aromatic carbocycles. The van der Waals surface area contributed by atoms with E-state index in [-0.39, 0.29) is 32.1 Å². The van der Waals surface area contributed by atoms with E-state index in [0.29, 0.717) is 26.3 Å². The predicted molar refractivity (Wildman–Crippen MR) is 100 cm³/mol. The molecule has 0 atom stereocenters. The highest BCUT2D eigenvalue weighted by molar-refractivity contribution is 7.92. The molecule has 1 fully saturated rings. The van der Waals surface area contributed by atoms with Crippen LogP contribution in [0.1, 0.15) is 10.4 Å². The number of ether oxygens (including phenoxy) is 1. The minimum Gasteiger partial charge on any atom is -0.378 e. The first-order valence-electron chi connectivity index (χ1n) is 7.83. The Kier molecular flexibility index (Phi) is 5.72. The van der Waals surface area contributed by atoms with Crippen molar-refractivity contribution in [3.63, 3.8) is 0 Å². The summed E-state index contributed by atoms with van der Waals surface area (Å²) in [6.45, 7) is 1.83. The summed E-state index contributed by atoms with van der Waals surface area (Å²) in [5.41, 5.74) is 0.441. The Morgan fingerprint density at radius 1 is 1.04 bits per heavy atom. The molecule has 0 aliphatic carbocycles. The van der Waals surface area contributed by atoms with E-state index in [1.165, 1.54) is 24.3 Å². The van der Waals surface area contributed by atoms with Gasteiger partial charge in [0, 0.05) is 13.1 Å². The summed E-state index contributed by atoms with van der Waals surface area (Å²) in [7, 11) is -4.02. The summed E-state index contributed by atoms with van der Waals surface area (Å²) in [5, 5.41) is 0.0610. The van der Waals surface area contributed by atoms with Crippen molar-refractivity contribution in [1.29, 1.82) is 0 Å². The maximum absolute atomic E-state index is 12.8. The van der Waals surface area contributed by atoms with Crippen LogP contribution in [0.15, 0.2) is 47.4 Å². The quantitative estimate of drug-likeness (QED) is 0.832. The third-order valence-electron chi connectivity index (χ3n) is 3.91. The second kappa shape index (κ2) is 7.84. The number of para-hydroxylation sites is 1. The minimum atomic E-state index is -4.02. The van der Waals surface area contributed by atoms with Crippen molar-refractivity contribution in [2.75, 3.05) is 31.0 Å². The molecule has 9 heteroatoms. The van der Waals surface area contributed by atoms with Crippen LogP contribution in [-0.2, 0) is 14.8 Å². The molecule has 0 unspecified atom stereocenters. The zero-order chi connectivity index (χ0) is 18.7. The molecule has 2 aromatic rings. The van der Waals surface area contributed by atoms with Crippen LogP contribution in [0.25, 0.3) is 0 Å². The fourth-order valence-electron chi connectivity index (χ4n) is 2.59. The lowest BCUT2D eigenvalue weighted by atomic mass is 10.1. The fraction of sp³-hybridized carbons (Fsp3) is 0.235. The van der Waals surface area contributed by atoms with Gasteiger partial charge in [0.25, 0.3) is 15.9 Å². The van der Waals surface area contributed by atoms with Crippen molar-refractivity contribution in [1.82, 2.24) is 4.90 Å². The van der Waals surface area contributed by atoms with Gasteiger partial charge < -0.3 is 9.64 Å². The molecule has 3 rings (SSSR count). The molecule has 26 heavy (non-hydrogen) atoms. The molecule has 0 radical (unpaired) electrons. The van der Waals surface area contributed by atoms with Gasteiger partial charge in [-0.25, -0.2) is 8.42 Å². The molecule has 138 valence electrons. The standard InChI is InChI=1S/C17H16Cl2N2O4S/c18-13-5-3-7-15(16(13)19)26(23,24)20-14-6-2-1-4-12(14)17(22)21-8-10-25-11-9-21/h1-7,20H,8-11H2. The first kappa shape index (κ1) is 19.0. The van der Waals surface area contributed by atoms with Crippen molar-refractivity contribution in [3.8, 4) is 0 Å². The summed E-state index contributed by atoms with van der Waals surface area (Å²) < 4.78 is 33.1. The smallest absolute Gasteiger partial charge is 0.263 e. The molecule has 6 nitrogen and oxygen atoms in total. The van der Waals surface area contributed by atoms with Gasteiger partial charge in [-0.05, 0) is 24.3 Å². The maximum atomic E-state index is 12.8. The van der Waals surface area contributed by atoms with Gasteiger partial charge in [0.15, 0.2) is 0 Å². The molecular weight excluding hydrogens is 399 g/mol. The number of rotatable bonds is 4. The van der Waals surface area contributed by atoms with Gasteiger partial charge in [-0.1, -0.05) is 41.4 Å². The van der Waals surface area contributed by atoms with E-state index in [0.717, 1.165) is 0 Å². The lowest BCUT2D eigenvalue weighted by Gasteiger charge is -2.27. The molecule has 1 aliphatic rings. The molecule has 1 heterocycles. The molecule has 0 spiro atoms. The average Bonchev–Trinajstić information content (AvgIpc) is 2.64. The summed E-state index contributed by atoms with van der Waals surface area (Å²) in [5.74, 6) is -0.260. The van der Waals surface area contributed by atoms with E-state index >= 15 is 0 Å². The van der Waals surface area contributed by atoms with Crippen LogP contribution in [0.2, 0.25) is 10.0 Å². The zero-order valence-electron chi connectivity index (χ0n) is 13.6. The third-order valence-corrected chi connectivity index (χ3v) is 6.24. The van der Waals surface area contributed by atoms with E-state index in [9.17, 15) is 13.2 Å². The van der Waals surface area contributed by atoms with Crippen LogP contribution in [0.3, 0.4) is 0 Å². The van der Waals surface area contributed by atoms with Crippen LogP contribution in [0, 0.1) is 0 Å². The Balaban J connectivity index is 1.93. The topological polar surface area (TPSA) is 75.7 Å². The number of morpholine rings is 1. The van der Waals surface area contributed by atoms with Gasteiger partial charge in [0.1, 0.15) is 4.90 Å². The monoisotopic (exact) mass is 414 g/mol. The van der Waals surface area contributed by atoms with Crippen molar-refractivity contribution in [2.45, 2.75) is 4.90 Å². The molecule has 0 aromatic heterocycles. The van der Waals surface area contributed by atoms with Crippen molar-refractivity contribution in [2.24, 2.45) is 0 Å². The molecule has 0 bridgehead atoms. The average molecular weight is 415 g/mol. The Bertz CT molecular complexity index is 928. The molecule has 1 aliphatic heterocycles. The van der Waals surface area contributed by atoms with Crippen LogP contribution < -0.4 is 4.72 Å². The zero-order valence-corrected chi connectivity index (χ0v) is 15.9. The highest BCUT2D eigenvalue weighted by Gasteiger charge is 2.25. The summed E-state index contributed by atoms with van der Waals surface area (Å²) >= 11 is 11.9. The minimum absolute atomic E-state index is 0.0707. The first-order chi connectivity index (χ1) is 12.4. The van der Waals surface area contributed by atoms with E-state index in [4.69, 9.17) is 27.9 Å². The maximum Gasteiger partial charge on any atom is 0.263 e. The van der Waals surface area contributed by atoms with Crippen molar-refractivity contribution >= 4 is 44.8 Å².